The van der Waals surface area contributed by atoms with Crippen LogP contribution in [0.4, 0.5) is 4.79 Å². The van der Waals surface area contributed by atoms with Crippen LogP contribution in [0, 0.1) is 5.92 Å². The third kappa shape index (κ3) is 5.31. The molecule has 25 heavy (non-hydrogen) atoms. The Morgan fingerprint density at radius 2 is 2.12 bits per heavy atom. The summed E-state index contributed by atoms with van der Waals surface area (Å²) in [5.41, 5.74) is 0.497. The maximum Gasteiger partial charge on any atom is 0.325 e. The molecule has 1 heterocycles. The Bertz CT molecular complexity index is 556. The zero-order valence-electron chi connectivity index (χ0n) is 15.7. The van der Waals surface area contributed by atoms with Crippen LogP contribution in [-0.2, 0) is 9.59 Å². The average Bonchev–Trinajstić information content (AvgIpc) is 2.78. The van der Waals surface area contributed by atoms with Gasteiger partial charge in [0.25, 0.3) is 5.91 Å². The number of carbonyl (C=O) groups excluding carboxylic acids is 3. The number of amides is 4. The SMILES string of the molecule is CC(C)CC[C@@]1(C)NC(=O)N(CC(=O)NCCC2=CCCCC2)C1=O. The molecule has 0 spiro atoms. The van der Waals surface area contributed by atoms with Gasteiger partial charge in [0.15, 0.2) is 0 Å². The summed E-state index contributed by atoms with van der Waals surface area (Å²) in [6, 6.07) is -0.471. The predicted molar refractivity (Wildman–Crippen MR) is 96.9 cm³/mol. The van der Waals surface area contributed by atoms with Gasteiger partial charge in [-0.3, -0.25) is 14.5 Å². The van der Waals surface area contributed by atoms with Crippen molar-refractivity contribution in [2.24, 2.45) is 5.92 Å². The topological polar surface area (TPSA) is 78.5 Å². The van der Waals surface area contributed by atoms with Crippen LogP contribution in [-0.4, -0.2) is 41.4 Å². The first-order chi connectivity index (χ1) is 11.8. The van der Waals surface area contributed by atoms with Crippen LogP contribution in [0.1, 0.15) is 65.7 Å². The van der Waals surface area contributed by atoms with E-state index in [1.165, 1.54) is 18.4 Å². The largest absolute Gasteiger partial charge is 0.354 e. The van der Waals surface area contributed by atoms with Crippen molar-refractivity contribution in [2.45, 2.75) is 71.3 Å². The zero-order chi connectivity index (χ0) is 18.4. The predicted octanol–water partition coefficient (Wildman–Crippen LogP) is 2.74. The Kier molecular flexibility index (Phi) is 6.62. The minimum Gasteiger partial charge on any atom is -0.354 e. The highest BCUT2D eigenvalue weighted by Crippen LogP contribution is 2.24. The number of nitrogens with one attached hydrogen (secondary N) is 2. The van der Waals surface area contributed by atoms with Gasteiger partial charge in [-0.15, -0.1) is 0 Å². The number of rotatable bonds is 8. The molecular formula is C19H31N3O3. The van der Waals surface area contributed by atoms with Gasteiger partial charge in [0, 0.05) is 6.54 Å². The first-order valence-corrected chi connectivity index (χ1v) is 9.40. The number of carbonyl (C=O) groups is 3. The van der Waals surface area contributed by atoms with Gasteiger partial charge in [-0.2, -0.15) is 0 Å². The molecule has 0 aromatic rings. The molecule has 2 N–H and O–H groups in total. The Hall–Kier alpha value is -1.85. The van der Waals surface area contributed by atoms with Crippen LogP contribution in [0.25, 0.3) is 0 Å². The molecule has 0 aromatic heterocycles. The second kappa shape index (κ2) is 8.50. The number of hydrogen-bond donors (Lipinski definition) is 2. The van der Waals surface area contributed by atoms with Gasteiger partial charge >= 0.3 is 6.03 Å². The van der Waals surface area contributed by atoms with Crippen LogP contribution >= 0.6 is 0 Å². The fourth-order valence-corrected chi connectivity index (χ4v) is 3.33. The number of urea groups is 1. The normalized spacial score (nSPS) is 23.7. The fraction of sp³-hybridized carbons (Fsp3) is 0.737. The maximum atomic E-state index is 12.6. The molecule has 1 saturated heterocycles. The summed E-state index contributed by atoms with van der Waals surface area (Å²) in [4.78, 5) is 37.8. The Labute approximate surface area is 150 Å². The van der Waals surface area contributed by atoms with Gasteiger partial charge in [0.1, 0.15) is 12.1 Å². The van der Waals surface area contributed by atoms with Crippen molar-refractivity contribution < 1.29 is 14.4 Å². The lowest BCUT2D eigenvalue weighted by atomic mass is 9.92. The molecule has 6 nitrogen and oxygen atoms in total. The van der Waals surface area contributed by atoms with E-state index in [1.807, 2.05) is 0 Å². The second-order valence-corrected chi connectivity index (χ2v) is 7.79. The lowest BCUT2D eigenvalue weighted by Gasteiger charge is -2.22. The van der Waals surface area contributed by atoms with Crippen molar-refractivity contribution in [2.75, 3.05) is 13.1 Å². The maximum absolute atomic E-state index is 12.6. The van der Waals surface area contributed by atoms with Crippen molar-refractivity contribution in [3.63, 3.8) is 0 Å². The van der Waals surface area contributed by atoms with E-state index in [2.05, 4.69) is 30.6 Å². The molecule has 1 aliphatic heterocycles. The monoisotopic (exact) mass is 349 g/mol. The van der Waals surface area contributed by atoms with Crippen LogP contribution < -0.4 is 10.6 Å². The molecule has 2 aliphatic rings. The van der Waals surface area contributed by atoms with Crippen molar-refractivity contribution in [3.05, 3.63) is 11.6 Å². The van der Waals surface area contributed by atoms with Gasteiger partial charge < -0.3 is 10.6 Å². The molecule has 0 unspecified atom stereocenters. The summed E-state index contributed by atoms with van der Waals surface area (Å²) in [6.07, 6.45) is 9.23. The van der Waals surface area contributed by atoms with Gasteiger partial charge in [-0.25, -0.2) is 4.79 Å². The van der Waals surface area contributed by atoms with Crippen LogP contribution in [0.3, 0.4) is 0 Å². The molecule has 0 aromatic carbocycles. The highest BCUT2D eigenvalue weighted by atomic mass is 16.2. The smallest absolute Gasteiger partial charge is 0.325 e. The molecule has 0 bridgehead atoms. The summed E-state index contributed by atoms with van der Waals surface area (Å²) < 4.78 is 0. The summed E-state index contributed by atoms with van der Waals surface area (Å²) in [6.45, 7) is 6.25. The fourth-order valence-electron chi connectivity index (χ4n) is 3.33. The molecule has 0 radical (unpaired) electrons. The van der Waals surface area contributed by atoms with Crippen molar-refractivity contribution in [3.8, 4) is 0 Å². The first-order valence-electron chi connectivity index (χ1n) is 9.40. The second-order valence-electron chi connectivity index (χ2n) is 7.79. The van der Waals surface area contributed by atoms with Crippen LogP contribution in [0.2, 0.25) is 0 Å². The zero-order valence-corrected chi connectivity index (χ0v) is 15.7. The molecule has 6 heteroatoms. The molecule has 1 aliphatic carbocycles. The van der Waals surface area contributed by atoms with E-state index in [0.717, 1.165) is 30.6 Å². The first kappa shape index (κ1) is 19.5. The van der Waals surface area contributed by atoms with Crippen LogP contribution in [0.15, 0.2) is 11.6 Å². The molecule has 4 amide bonds. The van der Waals surface area contributed by atoms with E-state index in [0.29, 0.717) is 18.9 Å². The summed E-state index contributed by atoms with van der Waals surface area (Å²) in [5, 5.41) is 5.57. The summed E-state index contributed by atoms with van der Waals surface area (Å²) in [5.74, 6) is -0.135. The lowest BCUT2D eigenvalue weighted by molar-refractivity contribution is -0.134. The van der Waals surface area contributed by atoms with Crippen LogP contribution in [0.5, 0.6) is 0 Å². The molecule has 1 fully saturated rings. The highest BCUT2D eigenvalue weighted by molar-refractivity contribution is 6.08. The number of nitrogens with zero attached hydrogens (tertiary/aromatic N) is 1. The average molecular weight is 349 g/mol. The lowest BCUT2D eigenvalue weighted by Crippen LogP contribution is -2.45. The van der Waals surface area contributed by atoms with Gasteiger partial charge in [0.2, 0.25) is 5.91 Å². The third-order valence-corrected chi connectivity index (χ3v) is 5.02. The molecule has 1 atom stereocenters. The quantitative estimate of drug-likeness (QED) is 0.522. The molecule has 0 saturated carbocycles. The Morgan fingerprint density at radius 3 is 2.76 bits per heavy atom. The van der Waals surface area contributed by atoms with E-state index in [4.69, 9.17) is 0 Å². The molecule has 140 valence electrons. The minimum atomic E-state index is -0.894. The van der Waals surface area contributed by atoms with E-state index in [1.54, 1.807) is 6.92 Å². The minimum absolute atomic E-state index is 0.207. The third-order valence-electron chi connectivity index (χ3n) is 5.02. The van der Waals surface area contributed by atoms with E-state index in [9.17, 15) is 14.4 Å². The van der Waals surface area contributed by atoms with E-state index < -0.39 is 11.6 Å². The van der Waals surface area contributed by atoms with Gasteiger partial charge in [0.05, 0.1) is 0 Å². The van der Waals surface area contributed by atoms with Crippen molar-refractivity contribution >= 4 is 17.8 Å². The number of hydrogen-bond acceptors (Lipinski definition) is 3. The van der Waals surface area contributed by atoms with Gasteiger partial charge in [-0.05, 0) is 57.8 Å². The van der Waals surface area contributed by atoms with Crippen molar-refractivity contribution in [1.82, 2.24) is 15.5 Å². The molecular weight excluding hydrogens is 318 g/mol. The van der Waals surface area contributed by atoms with E-state index in [-0.39, 0.29) is 18.4 Å². The standard InChI is InChI=1S/C19H31N3O3/c1-14(2)9-11-19(3)17(24)22(18(25)21-19)13-16(23)20-12-10-15-7-5-4-6-8-15/h7,14H,4-6,8-13H2,1-3H3,(H,20,23)(H,21,25)/t19-/m1/s1. The number of imide groups is 1. The highest BCUT2D eigenvalue weighted by Gasteiger charge is 2.47. The van der Waals surface area contributed by atoms with Gasteiger partial charge in [-0.1, -0.05) is 25.5 Å². The molecule has 2 rings (SSSR count). The summed E-state index contributed by atoms with van der Waals surface area (Å²) in [7, 11) is 0. The van der Waals surface area contributed by atoms with E-state index >= 15 is 0 Å². The number of allylic oxidation sites excluding steroid dienone is 1. The summed E-state index contributed by atoms with van der Waals surface area (Å²) >= 11 is 0. The Balaban J connectivity index is 1.80. The Morgan fingerprint density at radius 1 is 1.36 bits per heavy atom. The van der Waals surface area contributed by atoms with Crippen molar-refractivity contribution in [1.29, 1.82) is 0 Å².